The molecular weight excluding hydrogens is 381 g/mol. The van der Waals surface area contributed by atoms with Gasteiger partial charge < -0.3 is 15.5 Å². The van der Waals surface area contributed by atoms with Crippen LogP contribution in [0.15, 0.2) is 47.5 Å². The highest BCUT2D eigenvalue weighted by Crippen LogP contribution is 2.36. The number of aliphatic imine (C=N–C) groups is 1. The predicted molar refractivity (Wildman–Crippen MR) is 99.6 cm³/mol. The van der Waals surface area contributed by atoms with Crippen molar-refractivity contribution in [2.75, 3.05) is 30.8 Å². The van der Waals surface area contributed by atoms with Gasteiger partial charge in [-0.2, -0.15) is 13.2 Å². The monoisotopic (exact) mass is 396 g/mol. The van der Waals surface area contributed by atoms with E-state index >= 15 is 0 Å². The van der Waals surface area contributed by atoms with E-state index in [0.717, 1.165) is 30.1 Å². The molecule has 0 saturated carbocycles. The van der Waals surface area contributed by atoms with E-state index in [0.29, 0.717) is 12.2 Å². The van der Waals surface area contributed by atoms with E-state index in [1.165, 1.54) is 6.07 Å². The third-order valence-electron chi connectivity index (χ3n) is 3.97. The van der Waals surface area contributed by atoms with Gasteiger partial charge in [0.15, 0.2) is 0 Å². The van der Waals surface area contributed by atoms with Gasteiger partial charge in [0.2, 0.25) is 0 Å². The van der Waals surface area contributed by atoms with Crippen molar-refractivity contribution in [1.82, 2.24) is 4.90 Å². The number of carbonyl (C=O) groups is 1. The molecule has 0 aromatic heterocycles. The Bertz CT molecular complexity index is 898. The van der Waals surface area contributed by atoms with Crippen molar-refractivity contribution in [2.24, 2.45) is 4.99 Å². The Morgan fingerprint density at radius 3 is 2.48 bits per heavy atom. The van der Waals surface area contributed by atoms with Gasteiger partial charge in [-0.3, -0.25) is 4.99 Å². The van der Waals surface area contributed by atoms with Gasteiger partial charge in [-0.15, -0.1) is 0 Å². The smallest absolute Gasteiger partial charge is 0.358 e. The maximum Gasteiger partial charge on any atom is 0.417 e. The number of likely N-dealkylation sites (N-methyl/N-ethyl adjacent to an activating group) is 1. The van der Waals surface area contributed by atoms with Crippen LogP contribution < -0.4 is 10.6 Å². The highest BCUT2D eigenvalue weighted by Gasteiger charge is 2.33. The Kier molecular flexibility index (Phi) is 5.27. The minimum absolute atomic E-state index is 0.0136. The molecule has 0 unspecified atom stereocenters. The molecule has 142 valence electrons. The normalized spacial score (nSPS) is 14.1. The molecule has 0 spiro atoms. The van der Waals surface area contributed by atoms with Gasteiger partial charge in [-0.05, 0) is 30.3 Å². The lowest BCUT2D eigenvalue weighted by Gasteiger charge is -2.15. The molecule has 0 bridgehead atoms. The average molecular weight is 397 g/mol. The quantitative estimate of drug-likeness (QED) is 0.790. The van der Waals surface area contributed by atoms with Crippen molar-refractivity contribution in [1.29, 1.82) is 0 Å². The summed E-state index contributed by atoms with van der Waals surface area (Å²) in [6, 6.07) is 9.60. The molecule has 3 rings (SSSR count). The van der Waals surface area contributed by atoms with E-state index in [1.807, 2.05) is 18.0 Å². The molecule has 0 fully saturated rings. The van der Waals surface area contributed by atoms with Crippen LogP contribution in [-0.4, -0.2) is 36.9 Å². The number of urea groups is 1. The fourth-order valence-electron chi connectivity index (χ4n) is 2.69. The van der Waals surface area contributed by atoms with Crippen molar-refractivity contribution < 1.29 is 18.0 Å². The Morgan fingerprint density at radius 1 is 1.15 bits per heavy atom. The van der Waals surface area contributed by atoms with Gasteiger partial charge in [0.05, 0.1) is 17.1 Å². The number of anilines is 2. The van der Waals surface area contributed by atoms with Crippen LogP contribution >= 0.6 is 11.6 Å². The molecule has 5 nitrogen and oxygen atoms in total. The van der Waals surface area contributed by atoms with Gasteiger partial charge in [-0.25, -0.2) is 4.79 Å². The summed E-state index contributed by atoms with van der Waals surface area (Å²) in [6.45, 7) is 1.54. The van der Waals surface area contributed by atoms with E-state index in [-0.39, 0.29) is 5.69 Å². The first-order valence-corrected chi connectivity index (χ1v) is 8.42. The first kappa shape index (κ1) is 19.0. The van der Waals surface area contributed by atoms with E-state index in [1.54, 1.807) is 18.2 Å². The molecule has 9 heteroatoms. The summed E-state index contributed by atoms with van der Waals surface area (Å²) in [6.07, 6.45) is -4.60. The third kappa shape index (κ3) is 4.51. The summed E-state index contributed by atoms with van der Waals surface area (Å²) in [5.74, 6) is 0.826. The van der Waals surface area contributed by atoms with E-state index in [4.69, 9.17) is 11.6 Å². The van der Waals surface area contributed by atoms with Crippen molar-refractivity contribution in [3.63, 3.8) is 0 Å². The number of amides is 2. The lowest BCUT2D eigenvalue weighted by Crippen LogP contribution is -2.24. The van der Waals surface area contributed by atoms with Crippen LogP contribution in [0.25, 0.3) is 0 Å². The van der Waals surface area contributed by atoms with Gasteiger partial charge in [-0.1, -0.05) is 23.7 Å². The summed E-state index contributed by atoms with van der Waals surface area (Å²) in [7, 11) is 1.93. The zero-order chi connectivity index (χ0) is 19.6. The minimum Gasteiger partial charge on any atom is -0.358 e. The molecule has 1 aliphatic rings. The molecule has 2 N–H and O–H groups in total. The number of rotatable bonds is 3. The van der Waals surface area contributed by atoms with Crippen molar-refractivity contribution in [2.45, 2.75) is 6.18 Å². The molecule has 2 amide bonds. The Balaban J connectivity index is 1.72. The summed E-state index contributed by atoms with van der Waals surface area (Å²) < 4.78 is 38.7. The summed E-state index contributed by atoms with van der Waals surface area (Å²) in [4.78, 5) is 18.6. The second-order valence-corrected chi connectivity index (χ2v) is 6.39. The van der Waals surface area contributed by atoms with Crippen LogP contribution in [0, 0.1) is 0 Å². The zero-order valence-corrected chi connectivity index (χ0v) is 15.0. The molecule has 27 heavy (non-hydrogen) atoms. The number of alkyl halides is 3. The third-order valence-corrected chi connectivity index (χ3v) is 4.30. The van der Waals surface area contributed by atoms with Gasteiger partial charge >= 0.3 is 12.2 Å². The number of nitrogens with zero attached hydrogens (tertiary/aromatic N) is 2. The van der Waals surface area contributed by atoms with Crippen molar-refractivity contribution >= 4 is 34.8 Å². The highest BCUT2D eigenvalue weighted by molar-refractivity contribution is 6.31. The number of carbonyl (C=O) groups excluding carboxylic acids is 1. The average Bonchev–Trinajstić information content (AvgIpc) is 3.02. The lowest BCUT2D eigenvalue weighted by atomic mass is 10.1. The number of hydrogen-bond donors (Lipinski definition) is 2. The first-order valence-electron chi connectivity index (χ1n) is 8.05. The predicted octanol–water partition coefficient (Wildman–Crippen LogP) is 4.69. The maximum absolute atomic E-state index is 12.9. The second-order valence-electron chi connectivity index (χ2n) is 5.98. The van der Waals surface area contributed by atoms with Crippen LogP contribution in [0.3, 0.4) is 0 Å². The van der Waals surface area contributed by atoms with Crippen LogP contribution in [0.1, 0.15) is 11.1 Å². The summed E-state index contributed by atoms with van der Waals surface area (Å²) in [5.41, 5.74) is 0.322. The minimum atomic E-state index is -4.60. The van der Waals surface area contributed by atoms with Crippen LogP contribution in [0.5, 0.6) is 0 Å². The van der Waals surface area contributed by atoms with Crippen LogP contribution in [0.4, 0.5) is 29.3 Å². The SMILES string of the molecule is CN1CCN=C1c1cccc(NC(=O)Nc2ccc(Cl)c(C(F)(F)F)c2)c1. The van der Waals surface area contributed by atoms with Crippen LogP contribution in [-0.2, 0) is 6.18 Å². The fourth-order valence-corrected chi connectivity index (χ4v) is 2.92. The molecule has 1 aliphatic heterocycles. The largest absolute Gasteiger partial charge is 0.417 e. The topological polar surface area (TPSA) is 56.7 Å². The van der Waals surface area contributed by atoms with Crippen LogP contribution in [0.2, 0.25) is 5.02 Å². The lowest BCUT2D eigenvalue weighted by molar-refractivity contribution is -0.137. The van der Waals surface area contributed by atoms with Gasteiger partial charge in [0.1, 0.15) is 5.84 Å². The number of benzene rings is 2. The standard InChI is InChI=1S/C18H16ClF3N4O/c1-26-8-7-23-16(26)11-3-2-4-12(9-11)24-17(27)25-13-5-6-15(19)14(10-13)18(20,21)22/h2-6,9-10H,7-8H2,1H3,(H2,24,25,27). The van der Waals surface area contributed by atoms with Crippen molar-refractivity contribution in [3.8, 4) is 0 Å². The summed E-state index contributed by atoms with van der Waals surface area (Å²) >= 11 is 5.58. The molecule has 0 aliphatic carbocycles. The molecule has 0 saturated heterocycles. The number of halogens is 4. The molecule has 0 atom stereocenters. The maximum atomic E-state index is 12.9. The van der Waals surface area contributed by atoms with Crippen molar-refractivity contribution in [3.05, 3.63) is 58.6 Å². The molecule has 0 radical (unpaired) electrons. The summed E-state index contributed by atoms with van der Waals surface area (Å²) in [5, 5.41) is 4.55. The van der Waals surface area contributed by atoms with E-state index < -0.39 is 22.8 Å². The van der Waals surface area contributed by atoms with E-state index in [9.17, 15) is 18.0 Å². The zero-order valence-electron chi connectivity index (χ0n) is 14.3. The Morgan fingerprint density at radius 2 is 1.85 bits per heavy atom. The first-order chi connectivity index (χ1) is 12.7. The molecular formula is C18H16ClF3N4O. The van der Waals surface area contributed by atoms with Gasteiger partial charge in [0.25, 0.3) is 0 Å². The molecule has 2 aromatic rings. The number of amidine groups is 1. The highest BCUT2D eigenvalue weighted by atomic mass is 35.5. The second kappa shape index (κ2) is 7.48. The van der Waals surface area contributed by atoms with E-state index in [2.05, 4.69) is 15.6 Å². The molecule has 1 heterocycles. The Labute approximate surface area is 158 Å². The van der Waals surface area contributed by atoms with Gasteiger partial charge in [0, 0.05) is 30.5 Å². The number of nitrogens with one attached hydrogen (secondary N) is 2. The Hall–Kier alpha value is -2.74. The molecule has 2 aromatic carbocycles. The number of hydrogen-bond acceptors (Lipinski definition) is 3. The fraction of sp³-hybridized carbons (Fsp3) is 0.222.